The number of ether oxygens (including phenoxy) is 1. The molecule has 2 heterocycles. The Kier molecular flexibility index (Phi) is 5.73. The summed E-state index contributed by atoms with van der Waals surface area (Å²) in [5.41, 5.74) is 2.76. The highest BCUT2D eigenvalue weighted by atomic mass is 32.1. The molecule has 0 saturated carbocycles. The fourth-order valence-electron chi connectivity index (χ4n) is 3.11. The number of carbonyl (C=O) groups excluding carboxylic acids is 2. The Labute approximate surface area is 181 Å². The van der Waals surface area contributed by atoms with E-state index >= 15 is 0 Å². The second kappa shape index (κ2) is 8.61. The zero-order valence-electron chi connectivity index (χ0n) is 16.8. The van der Waals surface area contributed by atoms with Crippen LogP contribution in [0, 0.1) is 19.7 Å². The first kappa shape index (κ1) is 20.6. The van der Waals surface area contributed by atoms with Crippen LogP contribution in [0.25, 0.3) is 10.9 Å². The number of aryl methyl sites for hydroxylation is 2. The summed E-state index contributed by atoms with van der Waals surface area (Å²) in [7, 11) is 0. The maximum Gasteiger partial charge on any atom is 0.350 e. The Bertz CT molecular complexity index is 1290. The number of benzene rings is 2. The van der Waals surface area contributed by atoms with Crippen molar-refractivity contribution in [3.63, 3.8) is 0 Å². The molecule has 0 aliphatic rings. The van der Waals surface area contributed by atoms with Gasteiger partial charge < -0.3 is 4.74 Å². The van der Waals surface area contributed by atoms with E-state index in [9.17, 15) is 14.0 Å². The van der Waals surface area contributed by atoms with Crippen LogP contribution in [0.2, 0.25) is 0 Å². The third-order valence-electron chi connectivity index (χ3n) is 4.56. The molecule has 0 aliphatic carbocycles. The van der Waals surface area contributed by atoms with Gasteiger partial charge in [-0.25, -0.2) is 14.2 Å². The summed E-state index contributed by atoms with van der Waals surface area (Å²) >= 11 is 1.03. The quantitative estimate of drug-likeness (QED) is 0.443. The van der Waals surface area contributed by atoms with Gasteiger partial charge in [0.15, 0.2) is 5.13 Å². The van der Waals surface area contributed by atoms with Crippen LogP contribution in [0.5, 0.6) is 0 Å². The zero-order valence-corrected chi connectivity index (χ0v) is 17.6. The fraction of sp³-hybridized carbons (Fsp3) is 0.130. The van der Waals surface area contributed by atoms with Gasteiger partial charge in [0.1, 0.15) is 17.3 Å². The minimum absolute atomic E-state index is 0.145. The summed E-state index contributed by atoms with van der Waals surface area (Å²) in [5, 5.41) is 3.36. The minimum Gasteiger partial charge on any atom is -0.457 e. The minimum atomic E-state index is -0.508. The molecule has 156 valence electrons. The molecule has 6 nitrogen and oxygen atoms in total. The molecule has 1 N–H and O–H groups in total. The van der Waals surface area contributed by atoms with Crippen LogP contribution in [-0.2, 0) is 11.3 Å². The molecule has 0 atom stereocenters. The molecule has 4 aromatic rings. The van der Waals surface area contributed by atoms with Gasteiger partial charge >= 0.3 is 5.97 Å². The highest BCUT2D eigenvalue weighted by Crippen LogP contribution is 2.26. The van der Waals surface area contributed by atoms with Gasteiger partial charge in [0, 0.05) is 11.1 Å². The van der Waals surface area contributed by atoms with E-state index in [2.05, 4.69) is 15.3 Å². The Morgan fingerprint density at radius 2 is 1.84 bits per heavy atom. The van der Waals surface area contributed by atoms with Gasteiger partial charge in [0.2, 0.25) is 0 Å². The number of nitrogens with one attached hydrogen (secondary N) is 1. The first-order valence-electron chi connectivity index (χ1n) is 9.47. The molecule has 0 fully saturated rings. The number of hydrogen-bond acceptors (Lipinski definition) is 6. The summed E-state index contributed by atoms with van der Waals surface area (Å²) in [6, 6.07) is 15.0. The number of aromatic nitrogens is 2. The molecule has 0 saturated heterocycles. The van der Waals surface area contributed by atoms with Crippen LogP contribution < -0.4 is 5.32 Å². The number of halogens is 1. The summed E-state index contributed by atoms with van der Waals surface area (Å²) < 4.78 is 19.1. The second-order valence-electron chi connectivity index (χ2n) is 6.92. The normalized spacial score (nSPS) is 10.8. The van der Waals surface area contributed by atoms with Crippen LogP contribution >= 0.6 is 11.3 Å². The van der Waals surface area contributed by atoms with E-state index in [0.29, 0.717) is 27.2 Å². The predicted molar refractivity (Wildman–Crippen MR) is 117 cm³/mol. The number of carbonyl (C=O) groups is 2. The molecule has 31 heavy (non-hydrogen) atoms. The SMILES string of the molecule is Cc1cc(C(=O)Nc2nc(C)c(C(=O)OCc3ccccc3)s2)c2cc(F)ccc2n1. The summed E-state index contributed by atoms with van der Waals surface area (Å²) in [6.45, 7) is 3.58. The number of nitrogens with zero attached hydrogens (tertiary/aromatic N) is 2. The standard InChI is InChI=1S/C23H18FN3O3S/c1-13-10-18(17-11-16(24)8-9-19(17)25-13)21(28)27-23-26-14(2)20(31-23)22(29)30-12-15-6-4-3-5-7-15/h3-11H,12H2,1-2H3,(H,26,27,28). The van der Waals surface area contributed by atoms with Crippen molar-refractivity contribution in [2.24, 2.45) is 0 Å². The average Bonchev–Trinajstić information content (AvgIpc) is 3.12. The average molecular weight is 435 g/mol. The lowest BCUT2D eigenvalue weighted by Gasteiger charge is -2.07. The van der Waals surface area contributed by atoms with Gasteiger partial charge in [-0.1, -0.05) is 41.7 Å². The number of hydrogen-bond donors (Lipinski definition) is 1. The molecule has 0 bridgehead atoms. The molecule has 0 aliphatic heterocycles. The van der Waals surface area contributed by atoms with E-state index in [1.54, 1.807) is 19.9 Å². The zero-order chi connectivity index (χ0) is 22.0. The highest BCUT2D eigenvalue weighted by molar-refractivity contribution is 7.17. The molecule has 0 radical (unpaired) electrons. The van der Waals surface area contributed by atoms with E-state index in [1.807, 2.05) is 30.3 Å². The van der Waals surface area contributed by atoms with Crippen molar-refractivity contribution in [2.45, 2.75) is 20.5 Å². The summed E-state index contributed by atoms with van der Waals surface area (Å²) in [5.74, 6) is -1.42. The van der Waals surface area contributed by atoms with E-state index in [0.717, 1.165) is 16.9 Å². The largest absolute Gasteiger partial charge is 0.457 e. The topological polar surface area (TPSA) is 81.2 Å². The monoisotopic (exact) mass is 435 g/mol. The Morgan fingerprint density at radius 3 is 2.61 bits per heavy atom. The summed E-state index contributed by atoms with van der Waals surface area (Å²) in [4.78, 5) is 34.2. The molecule has 4 rings (SSSR count). The number of rotatable bonds is 5. The van der Waals surface area contributed by atoms with Crippen molar-refractivity contribution in [3.8, 4) is 0 Å². The maximum atomic E-state index is 13.7. The van der Waals surface area contributed by atoms with Crippen LogP contribution in [-0.4, -0.2) is 21.8 Å². The van der Waals surface area contributed by atoms with Crippen molar-refractivity contribution in [2.75, 3.05) is 5.32 Å². The van der Waals surface area contributed by atoms with Crippen molar-refractivity contribution >= 4 is 39.2 Å². The fourth-order valence-corrected chi connectivity index (χ4v) is 3.97. The van der Waals surface area contributed by atoms with E-state index in [-0.39, 0.29) is 17.3 Å². The smallest absolute Gasteiger partial charge is 0.350 e. The first-order valence-corrected chi connectivity index (χ1v) is 10.3. The number of thiazole rings is 1. The number of amides is 1. The number of fused-ring (bicyclic) bond motifs is 1. The van der Waals surface area contributed by atoms with Gasteiger partial charge in [-0.15, -0.1) is 0 Å². The molecule has 8 heteroatoms. The van der Waals surface area contributed by atoms with Crippen LogP contribution in [0.3, 0.4) is 0 Å². The number of esters is 1. The van der Waals surface area contributed by atoms with Crippen molar-refractivity contribution in [1.82, 2.24) is 9.97 Å². The molecule has 0 spiro atoms. The lowest BCUT2D eigenvalue weighted by molar-refractivity contribution is 0.0477. The molecular weight excluding hydrogens is 417 g/mol. The van der Waals surface area contributed by atoms with E-state index in [1.165, 1.54) is 18.2 Å². The van der Waals surface area contributed by atoms with Gasteiger partial charge in [0.25, 0.3) is 5.91 Å². The van der Waals surface area contributed by atoms with Gasteiger partial charge in [-0.3, -0.25) is 15.1 Å². The first-order chi connectivity index (χ1) is 14.9. The van der Waals surface area contributed by atoms with Crippen molar-refractivity contribution in [1.29, 1.82) is 0 Å². The van der Waals surface area contributed by atoms with E-state index in [4.69, 9.17) is 4.74 Å². The third kappa shape index (κ3) is 4.59. The maximum absolute atomic E-state index is 13.7. The molecule has 1 amide bonds. The van der Waals surface area contributed by atoms with Crippen LogP contribution in [0.15, 0.2) is 54.6 Å². The van der Waals surface area contributed by atoms with Crippen molar-refractivity contribution < 1.29 is 18.7 Å². The van der Waals surface area contributed by atoms with Crippen LogP contribution in [0.4, 0.5) is 9.52 Å². The summed E-state index contributed by atoms with van der Waals surface area (Å²) in [6.07, 6.45) is 0. The number of anilines is 1. The van der Waals surface area contributed by atoms with Gasteiger partial charge in [-0.05, 0) is 43.7 Å². The number of pyridine rings is 1. The third-order valence-corrected chi connectivity index (χ3v) is 5.61. The Morgan fingerprint density at radius 1 is 1.06 bits per heavy atom. The van der Waals surface area contributed by atoms with Crippen LogP contribution in [0.1, 0.15) is 37.0 Å². The Balaban J connectivity index is 1.53. The molecule has 0 unspecified atom stereocenters. The van der Waals surface area contributed by atoms with Gasteiger partial charge in [-0.2, -0.15) is 0 Å². The Hall–Kier alpha value is -3.65. The van der Waals surface area contributed by atoms with Gasteiger partial charge in [0.05, 0.1) is 16.8 Å². The predicted octanol–water partition coefficient (Wildman–Crippen LogP) is 5.06. The molecular formula is C23H18FN3O3S. The molecule has 2 aromatic heterocycles. The lowest BCUT2D eigenvalue weighted by atomic mass is 10.1. The molecule has 2 aromatic carbocycles. The highest BCUT2D eigenvalue weighted by Gasteiger charge is 2.20. The van der Waals surface area contributed by atoms with E-state index < -0.39 is 17.7 Å². The van der Waals surface area contributed by atoms with Crippen molar-refractivity contribution in [3.05, 3.63) is 87.8 Å². The lowest BCUT2D eigenvalue weighted by Crippen LogP contribution is -2.13. The second-order valence-corrected chi connectivity index (χ2v) is 7.92.